The van der Waals surface area contributed by atoms with Crippen LogP contribution in [0.15, 0.2) is 18.2 Å². The number of phenols is 1. The van der Waals surface area contributed by atoms with E-state index in [4.69, 9.17) is 0 Å². The summed E-state index contributed by atoms with van der Waals surface area (Å²) in [5.41, 5.74) is 1.36. The van der Waals surface area contributed by atoms with E-state index in [0.29, 0.717) is 18.2 Å². The van der Waals surface area contributed by atoms with Crippen molar-refractivity contribution in [2.75, 3.05) is 11.9 Å². The number of carbonyl (C=O) groups is 1. The third-order valence-corrected chi connectivity index (χ3v) is 3.31. The van der Waals surface area contributed by atoms with Crippen molar-refractivity contribution < 1.29 is 9.90 Å². The van der Waals surface area contributed by atoms with Gasteiger partial charge in [-0.25, -0.2) is 0 Å². The lowest BCUT2D eigenvalue weighted by Crippen LogP contribution is -2.34. The average molecular weight is 298 g/mol. The molecule has 1 aliphatic carbocycles. The molecule has 0 spiro atoms. The summed E-state index contributed by atoms with van der Waals surface area (Å²) < 4.78 is 0. The molecule has 2 rings (SSSR count). The number of benzene rings is 1. The highest BCUT2D eigenvalue weighted by atomic mass is 79.9. The molecule has 1 aliphatic rings. The summed E-state index contributed by atoms with van der Waals surface area (Å²) in [6.45, 7) is 2.59. The number of nitrogens with zero attached hydrogens (tertiary/aromatic N) is 1. The van der Waals surface area contributed by atoms with Gasteiger partial charge in [0.1, 0.15) is 5.75 Å². The summed E-state index contributed by atoms with van der Waals surface area (Å²) in [6, 6.07) is 5.55. The minimum absolute atomic E-state index is 0.0653. The van der Waals surface area contributed by atoms with E-state index in [-0.39, 0.29) is 11.7 Å². The third kappa shape index (κ3) is 2.80. The maximum Gasteiger partial charge on any atom is 0.257 e. The normalized spacial score (nSPS) is 14.7. The van der Waals surface area contributed by atoms with Gasteiger partial charge in [0.05, 0.1) is 5.56 Å². The Hall–Kier alpha value is -1.03. The van der Waals surface area contributed by atoms with Crippen LogP contribution in [0.2, 0.25) is 0 Å². The van der Waals surface area contributed by atoms with Crippen molar-refractivity contribution in [1.82, 2.24) is 4.90 Å². The zero-order valence-corrected chi connectivity index (χ0v) is 11.4. The fourth-order valence-corrected chi connectivity index (χ4v) is 2.29. The molecule has 0 radical (unpaired) electrons. The molecule has 1 saturated carbocycles. The second-order valence-electron chi connectivity index (χ2n) is 4.44. The number of phenolic OH excluding ortho intramolecular Hbond substituents is 1. The van der Waals surface area contributed by atoms with Crippen molar-refractivity contribution >= 4 is 21.8 Å². The second-order valence-corrected chi connectivity index (χ2v) is 5.23. The van der Waals surface area contributed by atoms with E-state index >= 15 is 0 Å². The summed E-state index contributed by atoms with van der Waals surface area (Å²) in [5.74, 6) is 0.0136. The number of alkyl halides is 1. The van der Waals surface area contributed by atoms with Gasteiger partial charge in [-0.3, -0.25) is 4.79 Å². The Morgan fingerprint density at radius 2 is 2.24 bits per heavy atom. The number of aromatic hydroxyl groups is 1. The van der Waals surface area contributed by atoms with Crippen LogP contribution in [-0.4, -0.2) is 33.8 Å². The van der Waals surface area contributed by atoms with E-state index in [1.807, 2.05) is 17.9 Å². The van der Waals surface area contributed by atoms with Crippen LogP contribution in [0.4, 0.5) is 0 Å². The van der Waals surface area contributed by atoms with E-state index < -0.39 is 0 Å². The van der Waals surface area contributed by atoms with Gasteiger partial charge in [0.2, 0.25) is 0 Å². The Labute approximate surface area is 110 Å². The predicted molar refractivity (Wildman–Crippen MR) is 70.7 cm³/mol. The monoisotopic (exact) mass is 297 g/mol. The highest BCUT2D eigenvalue weighted by Gasteiger charge is 2.33. The van der Waals surface area contributed by atoms with E-state index in [1.54, 1.807) is 12.1 Å². The minimum atomic E-state index is -0.0653. The van der Waals surface area contributed by atoms with E-state index in [9.17, 15) is 9.90 Å². The summed E-state index contributed by atoms with van der Waals surface area (Å²) in [4.78, 5) is 14.1. The molecular weight excluding hydrogens is 282 g/mol. The fraction of sp³-hybridized carbons (Fsp3) is 0.462. The Kier molecular flexibility index (Phi) is 3.72. The first-order valence-corrected chi connectivity index (χ1v) is 6.92. The van der Waals surface area contributed by atoms with Crippen molar-refractivity contribution in [1.29, 1.82) is 0 Å². The molecule has 92 valence electrons. The quantitative estimate of drug-likeness (QED) is 0.868. The number of carbonyl (C=O) groups excluding carboxylic acids is 1. The largest absolute Gasteiger partial charge is 0.507 e. The molecule has 3 nitrogen and oxygen atoms in total. The highest BCUT2D eigenvalue weighted by molar-refractivity contribution is 9.09. The van der Waals surface area contributed by atoms with E-state index in [1.165, 1.54) is 0 Å². The first-order valence-electron chi connectivity index (χ1n) is 5.80. The number of halogens is 1. The first-order chi connectivity index (χ1) is 8.13. The van der Waals surface area contributed by atoms with Crippen molar-refractivity contribution in [2.24, 2.45) is 0 Å². The number of hydrogen-bond acceptors (Lipinski definition) is 2. The van der Waals surface area contributed by atoms with Gasteiger partial charge in [-0.15, -0.1) is 0 Å². The third-order valence-electron chi connectivity index (χ3n) is 2.96. The topological polar surface area (TPSA) is 40.5 Å². The van der Waals surface area contributed by atoms with Crippen molar-refractivity contribution in [3.05, 3.63) is 29.3 Å². The van der Waals surface area contributed by atoms with Crippen LogP contribution in [0, 0.1) is 6.92 Å². The van der Waals surface area contributed by atoms with Gasteiger partial charge in [0.25, 0.3) is 5.91 Å². The molecule has 1 amide bonds. The first kappa shape index (κ1) is 12.4. The minimum Gasteiger partial charge on any atom is -0.507 e. The average Bonchev–Trinajstić information content (AvgIpc) is 3.09. The van der Waals surface area contributed by atoms with Crippen molar-refractivity contribution in [2.45, 2.75) is 25.8 Å². The predicted octanol–water partition coefficient (Wildman–Crippen LogP) is 2.70. The molecule has 1 aromatic carbocycles. The van der Waals surface area contributed by atoms with Gasteiger partial charge >= 0.3 is 0 Å². The van der Waals surface area contributed by atoms with E-state index in [0.717, 1.165) is 23.7 Å². The Morgan fingerprint density at radius 3 is 2.76 bits per heavy atom. The molecule has 0 heterocycles. The molecule has 0 saturated heterocycles. The fourth-order valence-electron chi connectivity index (χ4n) is 1.90. The summed E-state index contributed by atoms with van der Waals surface area (Å²) in [7, 11) is 0. The van der Waals surface area contributed by atoms with Crippen LogP contribution in [0.25, 0.3) is 0 Å². The molecule has 1 aromatic rings. The number of hydrogen-bond donors (Lipinski definition) is 1. The molecule has 0 aromatic heterocycles. The molecule has 0 unspecified atom stereocenters. The van der Waals surface area contributed by atoms with Crippen molar-refractivity contribution in [3.8, 4) is 5.75 Å². The van der Waals surface area contributed by atoms with Crippen LogP contribution in [0.3, 0.4) is 0 Å². The van der Waals surface area contributed by atoms with Crippen LogP contribution in [-0.2, 0) is 0 Å². The second kappa shape index (κ2) is 5.08. The Morgan fingerprint density at radius 1 is 1.53 bits per heavy atom. The summed E-state index contributed by atoms with van der Waals surface area (Å²) in [6.07, 6.45) is 2.15. The molecule has 0 atom stereocenters. The number of aryl methyl sites for hydroxylation is 1. The molecule has 1 N–H and O–H groups in total. The summed E-state index contributed by atoms with van der Waals surface area (Å²) in [5, 5.41) is 10.6. The Balaban J connectivity index is 2.22. The SMILES string of the molecule is Cc1ccc(C(=O)N(CCBr)C2CC2)c(O)c1. The van der Waals surface area contributed by atoms with Gasteiger partial charge in [-0.1, -0.05) is 22.0 Å². The molecule has 0 aliphatic heterocycles. The van der Waals surface area contributed by atoms with Crippen LogP contribution < -0.4 is 0 Å². The molecule has 0 bridgehead atoms. The molecule has 1 fully saturated rings. The lowest BCUT2D eigenvalue weighted by atomic mass is 10.1. The van der Waals surface area contributed by atoms with E-state index in [2.05, 4.69) is 15.9 Å². The van der Waals surface area contributed by atoms with Gasteiger partial charge in [-0.2, -0.15) is 0 Å². The Bertz CT molecular complexity index is 429. The smallest absolute Gasteiger partial charge is 0.257 e. The van der Waals surface area contributed by atoms with Gasteiger partial charge in [0, 0.05) is 17.9 Å². The standard InChI is InChI=1S/C13H16BrNO2/c1-9-2-5-11(12(16)8-9)13(17)15(7-6-14)10-3-4-10/h2,5,8,10,16H,3-4,6-7H2,1H3. The van der Waals surface area contributed by atoms with Gasteiger partial charge in [-0.05, 0) is 37.5 Å². The molecule has 4 heteroatoms. The lowest BCUT2D eigenvalue weighted by Gasteiger charge is -2.21. The number of amides is 1. The highest BCUT2D eigenvalue weighted by Crippen LogP contribution is 2.30. The molecule has 17 heavy (non-hydrogen) atoms. The zero-order chi connectivity index (χ0) is 12.4. The maximum atomic E-state index is 12.3. The van der Waals surface area contributed by atoms with Crippen LogP contribution in [0.5, 0.6) is 5.75 Å². The maximum absolute atomic E-state index is 12.3. The van der Waals surface area contributed by atoms with Gasteiger partial charge in [0.15, 0.2) is 0 Å². The zero-order valence-electron chi connectivity index (χ0n) is 9.82. The summed E-state index contributed by atoms with van der Waals surface area (Å²) >= 11 is 3.36. The number of rotatable bonds is 4. The van der Waals surface area contributed by atoms with Crippen molar-refractivity contribution in [3.63, 3.8) is 0 Å². The van der Waals surface area contributed by atoms with Gasteiger partial charge < -0.3 is 10.0 Å². The lowest BCUT2D eigenvalue weighted by molar-refractivity contribution is 0.0751. The van der Waals surface area contributed by atoms with Crippen LogP contribution >= 0.6 is 15.9 Å². The van der Waals surface area contributed by atoms with Crippen LogP contribution in [0.1, 0.15) is 28.8 Å². The molecular formula is C13H16BrNO2.